The third-order valence-electron chi connectivity index (χ3n) is 4.27. The average molecular weight is 320 g/mol. The number of nitrogens with one attached hydrogen (secondary N) is 3. The van der Waals surface area contributed by atoms with Gasteiger partial charge in [-0.2, -0.15) is 0 Å². The number of carbonyl (C=O) groups is 1. The number of hydrogen-bond acceptors (Lipinski definition) is 5. The molecule has 1 aromatic carbocycles. The van der Waals surface area contributed by atoms with Gasteiger partial charge < -0.3 is 10.2 Å². The summed E-state index contributed by atoms with van der Waals surface area (Å²) in [6.45, 7) is 3.48. The largest absolute Gasteiger partial charge is 0.377 e. The molecule has 1 aromatic rings. The summed E-state index contributed by atoms with van der Waals surface area (Å²) < 4.78 is 0. The van der Waals surface area contributed by atoms with Crippen molar-refractivity contribution in [2.75, 3.05) is 38.5 Å². The van der Waals surface area contributed by atoms with Crippen LogP contribution in [0.1, 0.15) is 23.2 Å². The molecule has 0 spiro atoms. The van der Waals surface area contributed by atoms with E-state index in [1.807, 2.05) is 5.01 Å². The Morgan fingerprint density at radius 2 is 2.04 bits per heavy atom. The third-order valence-corrected chi connectivity index (χ3v) is 4.27. The van der Waals surface area contributed by atoms with Crippen LogP contribution in [0.2, 0.25) is 0 Å². The Bertz CT molecular complexity index is 609. The highest BCUT2D eigenvalue weighted by atomic mass is 16.6. The van der Waals surface area contributed by atoms with Crippen molar-refractivity contribution < 1.29 is 14.6 Å². The van der Waals surface area contributed by atoms with Crippen LogP contribution in [0.4, 0.5) is 11.4 Å². The van der Waals surface area contributed by atoms with Gasteiger partial charge in [0.2, 0.25) is 0 Å². The van der Waals surface area contributed by atoms with Gasteiger partial charge in [-0.3, -0.25) is 20.3 Å². The molecule has 8 heteroatoms. The normalized spacial score (nSPS) is 19.3. The van der Waals surface area contributed by atoms with Crippen molar-refractivity contribution in [2.24, 2.45) is 0 Å². The molecule has 1 aliphatic heterocycles. The lowest BCUT2D eigenvalue weighted by molar-refractivity contribution is -0.884. The minimum Gasteiger partial charge on any atom is -0.377 e. The second-order valence-electron chi connectivity index (χ2n) is 6.29. The molecule has 124 valence electrons. The molecular weight excluding hydrogens is 298 g/mol. The quantitative estimate of drug-likeness (QED) is 0.509. The van der Waals surface area contributed by atoms with Crippen LogP contribution in [0.15, 0.2) is 18.2 Å². The van der Waals surface area contributed by atoms with E-state index in [1.54, 1.807) is 12.1 Å². The minimum atomic E-state index is -0.444. The van der Waals surface area contributed by atoms with Crippen LogP contribution >= 0.6 is 0 Å². The van der Waals surface area contributed by atoms with Gasteiger partial charge in [-0.25, -0.2) is 5.01 Å². The predicted octanol–water partition coefficient (Wildman–Crippen LogP) is -0.356. The smallest absolute Gasteiger partial charge is 0.293 e. The second-order valence-corrected chi connectivity index (χ2v) is 6.29. The summed E-state index contributed by atoms with van der Waals surface area (Å²) in [5.74, 6) is -0.300. The first-order valence-electron chi connectivity index (χ1n) is 7.95. The molecule has 0 aromatic heterocycles. The maximum absolute atomic E-state index is 12.3. The van der Waals surface area contributed by atoms with E-state index in [-0.39, 0.29) is 11.6 Å². The zero-order valence-electron chi connectivity index (χ0n) is 13.2. The van der Waals surface area contributed by atoms with Crippen molar-refractivity contribution in [3.05, 3.63) is 33.9 Å². The molecule has 2 aliphatic rings. The minimum absolute atomic E-state index is 0.0487. The highest BCUT2D eigenvalue weighted by Crippen LogP contribution is 2.31. The first-order valence-corrected chi connectivity index (χ1v) is 7.95. The Labute approximate surface area is 134 Å². The summed E-state index contributed by atoms with van der Waals surface area (Å²) in [6, 6.07) is 4.93. The van der Waals surface area contributed by atoms with Gasteiger partial charge in [-0.15, -0.1) is 0 Å². The molecule has 1 saturated heterocycles. The number of rotatable bonds is 5. The molecule has 0 radical (unpaired) electrons. The Hall–Kier alpha value is -2.19. The molecule has 0 unspecified atom stereocenters. The zero-order valence-corrected chi connectivity index (χ0v) is 13.2. The van der Waals surface area contributed by atoms with E-state index in [0.717, 1.165) is 39.0 Å². The van der Waals surface area contributed by atoms with Crippen LogP contribution in [-0.2, 0) is 0 Å². The summed E-state index contributed by atoms with van der Waals surface area (Å²) in [6.07, 6.45) is 2.07. The monoisotopic (exact) mass is 320 g/mol. The van der Waals surface area contributed by atoms with Crippen molar-refractivity contribution in [3.63, 3.8) is 0 Å². The summed E-state index contributed by atoms with van der Waals surface area (Å²) in [5, 5.41) is 16.2. The van der Waals surface area contributed by atoms with Crippen LogP contribution in [0.3, 0.4) is 0 Å². The van der Waals surface area contributed by atoms with E-state index in [9.17, 15) is 14.9 Å². The summed E-state index contributed by atoms with van der Waals surface area (Å²) in [7, 11) is 2.12. The fourth-order valence-corrected chi connectivity index (χ4v) is 2.60. The number of anilines is 1. The molecule has 0 bridgehead atoms. The van der Waals surface area contributed by atoms with Crippen LogP contribution in [0.5, 0.6) is 0 Å². The number of benzene rings is 1. The van der Waals surface area contributed by atoms with Crippen LogP contribution in [0.25, 0.3) is 0 Å². The maximum Gasteiger partial charge on any atom is 0.293 e. The highest BCUT2D eigenvalue weighted by molar-refractivity contribution is 5.95. The number of likely N-dealkylation sites (N-methyl/N-ethyl adjacent to an activating group) is 1. The maximum atomic E-state index is 12.3. The molecule has 3 N–H and O–H groups in total. The molecule has 1 amide bonds. The van der Waals surface area contributed by atoms with Crippen LogP contribution < -0.4 is 15.6 Å². The van der Waals surface area contributed by atoms with Gasteiger partial charge in [-0.1, -0.05) is 0 Å². The number of nitro groups is 1. The number of hydrazine groups is 1. The molecule has 1 saturated carbocycles. The van der Waals surface area contributed by atoms with E-state index < -0.39 is 4.92 Å². The van der Waals surface area contributed by atoms with E-state index in [4.69, 9.17) is 0 Å². The van der Waals surface area contributed by atoms with Gasteiger partial charge in [0, 0.05) is 17.7 Å². The molecular formula is C15H22N5O3+. The van der Waals surface area contributed by atoms with E-state index in [0.29, 0.717) is 17.3 Å². The number of carbonyl (C=O) groups excluding carboxylic acids is 1. The summed E-state index contributed by atoms with van der Waals surface area (Å²) >= 11 is 0. The number of amides is 1. The van der Waals surface area contributed by atoms with Crippen molar-refractivity contribution in [1.82, 2.24) is 10.4 Å². The summed E-state index contributed by atoms with van der Waals surface area (Å²) in [4.78, 5) is 24.5. The standard InChI is InChI=1S/C15H21N5O3/c1-18-6-8-19(9-7-18)17-15(21)11-2-5-13(16-12-3-4-12)14(10-11)20(22)23/h2,5,10,12,16H,3-4,6-9H2,1H3,(H,17,21)/p+1. The lowest BCUT2D eigenvalue weighted by Crippen LogP contribution is -3.12. The Morgan fingerprint density at radius 1 is 1.35 bits per heavy atom. The highest BCUT2D eigenvalue weighted by Gasteiger charge is 2.26. The first-order chi connectivity index (χ1) is 11.0. The van der Waals surface area contributed by atoms with Crippen LogP contribution in [0, 0.1) is 10.1 Å². The van der Waals surface area contributed by atoms with Crippen LogP contribution in [-0.4, -0.2) is 55.1 Å². The number of quaternary nitrogens is 1. The van der Waals surface area contributed by atoms with Gasteiger partial charge in [-0.05, 0) is 25.0 Å². The molecule has 1 heterocycles. The zero-order chi connectivity index (χ0) is 16.4. The third kappa shape index (κ3) is 3.96. The molecule has 2 fully saturated rings. The molecule has 8 nitrogen and oxygen atoms in total. The second kappa shape index (κ2) is 6.51. The number of piperazine rings is 1. The number of nitro benzene ring substituents is 1. The lowest BCUT2D eigenvalue weighted by atomic mass is 10.1. The van der Waals surface area contributed by atoms with Crippen molar-refractivity contribution in [1.29, 1.82) is 0 Å². The van der Waals surface area contributed by atoms with Crippen molar-refractivity contribution in [3.8, 4) is 0 Å². The Balaban J connectivity index is 1.69. The van der Waals surface area contributed by atoms with Gasteiger partial charge in [0.1, 0.15) is 5.69 Å². The fourth-order valence-electron chi connectivity index (χ4n) is 2.60. The Morgan fingerprint density at radius 3 is 2.65 bits per heavy atom. The molecule has 3 rings (SSSR count). The number of hydrogen-bond donors (Lipinski definition) is 3. The average Bonchev–Trinajstić information content (AvgIpc) is 3.33. The van der Waals surface area contributed by atoms with Crippen molar-refractivity contribution >= 4 is 17.3 Å². The van der Waals surface area contributed by atoms with E-state index >= 15 is 0 Å². The topological polar surface area (TPSA) is 92.0 Å². The van der Waals surface area contributed by atoms with Gasteiger partial charge in [0.15, 0.2) is 0 Å². The van der Waals surface area contributed by atoms with Crippen molar-refractivity contribution in [2.45, 2.75) is 18.9 Å². The summed E-state index contributed by atoms with van der Waals surface area (Å²) in [5.41, 5.74) is 3.58. The van der Waals surface area contributed by atoms with Gasteiger partial charge in [0.05, 0.1) is 38.2 Å². The van der Waals surface area contributed by atoms with E-state index in [2.05, 4.69) is 17.8 Å². The first kappa shape index (κ1) is 15.7. The lowest BCUT2D eigenvalue weighted by Gasteiger charge is -2.30. The Kier molecular flexibility index (Phi) is 4.44. The predicted molar refractivity (Wildman–Crippen MR) is 85.4 cm³/mol. The van der Waals surface area contributed by atoms with Gasteiger partial charge in [0.25, 0.3) is 11.6 Å². The van der Waals surface area contributed by atoms with Gasteiger partial charge >= 0.3 is 0 Å². The molecule has 0 atom stereocenters. The molecule has 23 heavy (non-hydrogen) atoms. The number of nitrogens with zero attached hydrogens (tertiary/aromatic N) is 2. The van der Waals surface area contributed by atoms with E-state index in [1.165, 1.54) is 11.0 Å². The fraction of sp³-hybridized carbons (Fsp3) is 0.533. The SMILES string of the molecule is C[NH+]1CCN(NC(=O)c2ccc(NC3CC3)c([N+](=O)[O-])c2)CC1. The molecule has 1 aliphatic carbocycles.